The lowest BCUT2D eigenvalue weighted by molar-refractivity contribution is 0.431. The monoisotopic (exact) mass is 437 g/mol. The van der Waals surface area contributed by atoms with Crippen molar-refractivity contribution in [3.8, 4) is 11.6 Å². The van der Waals surface area contributed by atoms with E-state index in [4.69, 9.17) is 17.2 Å². The summed E-state index contributed by atoms with van der Waals surface area (Å²) >= 11 is 5.38. The molecular weight excluding hydrogens is 418 g/mol. The molecule has 0 saturated carbocycles. The molecule has 6 heteroatoms. The molecule has 3 aromatic carbocycles. The van der Waals surface area contributed by atoms with Crippen LogP contribution in [0.2, 0.25) is 0 Å². The average molecular weight is 438 g/mol. The highest BCUT2D eigenvalue weighted by Gasteiger charge is 2.23. The Kier molecular flexibility index (Phi) is 4.92. The largest absolute Gasteiger partial charge is 0.494 e. The molecule has 1 aliphatic rings. The van der Waals surface area contributed by atoms with Gasteiger partial charge >= 0.3 is 0 Å². The summed E-state index contributed by atoms with van der Waals surface area (Å²) in [5.41, 5.74) is 5.44. The van der Waals surface area contributed by atoms with Crippen LogP contribution in [0, 0.1) is 11.7 Å². The molecule has 0 aliphatic carbocycles. The van der Waals surface area contributed by atoms with Gasteiger partial charge in [0.25, 0.3) is 5.56 Å². The molecule has 4 aromatic rings. The summed E-state index contributed by atoms with van der Waals surface area (Å²) < 4.78 is 1.62. The van der Waals surface area contributed by atoms with Crippen LogP contribution in [0.4, 0.5) is 5.69 Å². The number of hydrogen-bond donors (Lipinski definition) is 2. The summed E-state index contributed by atoms with van der Waals surface area (Å²) in [6, 6.07) is 25.1. The third kappa shape index (κ3) is 3.31. The van der Waals surface area contributed by atoms with Gasteiger partial charge in [0.05, 0.1) is 17.1 Å². The van der Waals surface area contributed by atoms with Gasteiger partial charge in [0.1, 0.15) is 5.56 Å². The molecule has 0 unspecified atom stereocenters. The fourth-order valence-electron chi connectivity index (χ4n) is 3.92. The first-order valence-electron chi connectivity index (χ1n) is 10.1. The Morgan fingerprint density at radius 2 is 1.66 bits per heavy atom. The highest BCUT2D eigenvalue weighted by Crippen LogP contribution is 2.38. The van der Waals surface area contributed by atoms with Crippen LogP contribution in [0.15, 0.2) is 88.6 Å². The summed E-state index contributed by atoms with van der Waals surface area (Å²) in [7, 11) is 0. The Bertz CT molecular complexity index is 1530. The topological polar surface area (TPSA) is 70.4 Å². The van der Waals surface area contributed by atoms with E-state index in [1.165, 1.54) is 4.57 Å². The normalized spacial score (nSPS) is 13.8. The molecular formula is C26H19N3O2S. The van der Waals surface area contributed by atoms with Crippen molar-refractivity contribution in [2.75, 3.05) is 0 Å². The zero-order valence-corrected chi connectivity index (χ0v) is 18.1. The van der Waals surface area contributed by atoms with Gasteiger partial charge in [0.2, 0.25) is 5.88 Å². The summed E-state index contributed by atoms with van der Waals surface area (Å²) in [5, 5.41) is 11.2. The van der Waals surface area contributed by atoms with E-state index in [1.807, 2.05) is 85.8 Å². The van der Waals surface area contributed by atoms with Gasteiger partial charge in [-0.3, -0.25) is 14.3 Å². The molecule has 0 bridgehead atoms. The van der Waals surface area contributed by atoms with Crippen LogP contribution < -0.4 is 5.56 Å². The Labute approximate surface area is 189 Å². The molecule has 5 rings (SSSR count). The first-order chi connectivity index (χ1) is 15.5. The van der Waals surface area contributed by atoms with Crippen molar-refractivity contribution < 1.29 is 5.11 Å². The quantitative estimate of drug-likeness (QED) is 0.411. The van der Waals surface area contributed by atoms with Crippen LogP contribution in [-0.2, 0) is 0 Å². The number of H-pyrrole nitrogens is 1. The third-order valence-electron chi connectivity index (χ3n) is 5.49. The molecule has 156 valence electrons. The molecule has 0 fully saturated rings. The molecule has 1 aliphatic heterocycles. The van der Waals surface area contributed by atoms with Gasteiger partial charge in [-0.25, -0.2) is 4.99 Å². The van der Waals surface area contributed by atoms with E-state index in [2.05, 4.69) is 4.98 Å². The van der Waals surface area contributed by atoms with Gasteiger partial charge in [0.15, 0.2) is 4.77 Å². The Morgan fingerprint density at radius 3 is 2.44 bits per heavy atom. The predicted molar refractivity (Wildman–Crippen MR) is 131 cm³/mol. The molecule has 0 atom stereocenters. The number of nitrogens with one attached hydrogen (secondary N) is 1. The number of aromatic nitrogens is 2. The van der Waals surface area contributed by atoms with E-state index in [1.54, 1.807) is 6.08 Å². The number of para-hydroxylation sites is 2. The second-order valence-electron chi connectivity index (χ2n) is 7.52. The zero-order chi connectivity index (χ0) is 22.2. The van der Waals surface area contributed by atoms with Crippen LogP contribution in [0.1, 0.15) is 22.3 Å². The second kappa shape index (κ2) is 7.90. The number of nitrogens with zero attached hydrogens (tertiary/aromatic N) is 2. The summed E-state index contributed by atoms with van der Waals surface area (Å²) in [5.74, 6) is -0.211. The number of allylic oxidation sites excluding steroid dienone is 1. The van der Waals surface area contributed by atoms with E-state index in [-0.39, 0.29) is 16.2 Å². The maximum atomic E-state index is 12.9. The van der Waals surface area contributed by atoms with Crippen molar-refractivity contribution in [1.29, 1.82) is 0 Å². The molecule has 5 nitrogen and oxygen atoms in total. The Morgan fingerprint density at radius 1 is 0.969 bits per heavy atom. The first-order valence-corrected chi connectivity index (χ1v) is 10.6. The number of aromatic amines is 1. The summed E-state index contributed by atoms with van der Waals surface area (Å²) in [6.45, 7) is 1.92. The fourth-order valence-corrected chi connectivity index (χ4v) is 4.20. The van der Waals surface area contributed by atoms with Crippen molar-refractivity contribution in [3.63, 3.8) is 0 Å². The Balaban J connectivity index is 1.77. The van der Waals surface area contributed by atoms with Crippen LogP contribution in [0.5, 0.6) is 5.88 Å². The van der Waals surface area contributed by atoms with Gasteiger partial charge in [-0.1, -0.05) is 66.7 Å². The lowest BCUT2D eigenvalue weighted by Gasteiger charge is -2.14. The maximum Gasteiger partial charge on any atom is 0.262 e. The number of aromatic hydroxyl groups is 1. The third-order valence-corrected chi connectivity index (χ3v) is 5.78. The van der Waals surface area contributed by atoms with Crippen molar-refractivity contribution in [2.24, 2.45) is 4.99 Å². The summed E-state index contributed by atoms with van der Waals surface area (Å²) in [4.78, 5) is 20.4. The number of benzene rings is 3. The number of aliphatic imine (C=N–C) groups is 1. The minimum absolute atomic E-state index is 0.122. The van der Waals surface area contributed by atoms with Crippen molar-refractivity contribution in [1.82, 2.24) is 9.55 Å². The molecule has 0 spiro atoms. The van der Waals surface area contributed by atoms with E-state index < -0.39 is 5.56 Å². The molecule has 0 radical (unpaired) electrons. The SMILES string of the molecule is Cc1ccccc1-n1c(O)c(/C=C2/C(c3ccccc3)=Nc3ccccc32)c(=O)[nH]c1=S. The number of rotatable bonds is 3. The molecule has 0 amide bonds. The van der Waals surface area contributed by atoms with Gasteiger partial charge in [0, 0.05) is 16.7 Å². The van der Waals surface area contributed by atoms with E-state index in [0.29, 0.717) is 5.69 Å². The predicted octanol–water partition coefficient (Wildman–Crippen LogP) is 5.58. The van der Waals surface area contributed by atoms with Crippen LogP contribution in [-0.4, -0.2) is 20.4 Å². The smallest absolute Gasteiger partial charge is 0.262 e. The van der Waals surface area contributed by atoms with Gasteiger partial charge in [-0.2, -0.15) is 0 Å². The van der Waals surface area contributed by atoms with Crippen LogP contribution in [0.3, 0.4) is 0 Å². The van der Waals surface area contributed by atoms with Crippen LogP contribution in [0.25, 0.3) is 17.3 Å². The van der Waals surface area contributed by atoms with E-state index in [0.717, 1.165) is 33.7 Å². The second-order valence-corrected chi connectivity index (χ2v) is 7.91. The minimum atomic E-state index is -0.457. The van der Waals surface area contributed by atoms with E-state index >= 15 is 0 Å². The molecule has 1 aromatic heterocycles. The van der Waals surface area contributed by atoms with Crippen LogP contribution >= 0.6 is 12.2 Å². The van der Waals surface area contributed by atoms with Crippen molar-refractivity contribution in [2.45, 2.75) is 6.92 Å². The number of hydrogen-bond acceptors (Lipinski definition) is 4. The number of aryl methyl sites for hydroxylation is 1. The summed E-state index contributed by atoms with van der Waals surface area (Å²) in [6.07, 6.45) is 1.69. The molecule has 2 N–H and O–H groups in total. The van der Waals surface area contributed by atoms with Crippen molar-refractivity contribution in [3.05, 3.63) is 116 Å². The van der Waals surface area contributed by atoms with Gasteiger partial charge in [-0.15, -0.1) is 0 Å². The molecule has 32 heavy (non-hydrogen) atoms. The highest BCUT2D eigenvalue weighted by atomic mass is 32.1. The van der Waals surface area contributed by atoms with E-state index in [9.17, 15) is 9.90 Å². The number of fused-ring (bicyclic) bond motifs is 1. The fraction of sp³-hybridized carbons (Fsp3) is 0.0385. The maximum absolute atomic E-state index is 12.9. The molecule has 0 saturated heterocycles. The minimum Gasteiger partial charge on any atom is -0.494 e. The molecule has 2 heterocycles. The Hall–Kier alpha value is -4.03. The lowest BCUT2D eigenvalue weighted by Crippen LogP contribution is -2.17. The zero-order valence-electron chi connectivity index (χ0n) is 17.2. The average Bonchev–Trinajstić information content (AvgIpc) is 3.17. The highest BCUT2D eigenvalue weighted by molar-refractivity contribution is 7.71. The van der Waals surface area contributed by atoms with Crippen molar-refractivity contribution >= 4 is 35.3 Å². The van der Waals surface area contributed by atoms with Gasteiger partial charge in [-0.05, 0) is 42.9 Å². The first kappa shape index (κ1) is 19.9. The van der Waals surface area contributed by atoms with Gasteiger partial charge < -0.3 is 5.11 Å². The lowest BCUT2D eigenvalue weighted by atomic mass is 9.96. The standard InChI is InChI=1S/C26H19N3O2S/c1-16-9-5-8-14-22(16)29-25(31)20(24(30)28-26(29)32)15-19-18-12-6-7-13-21(18)27-23(19)17-10-3-2-4-11-17/h2-15,31H,1H3,(H,28,30,32)/b19-15+.